The van der Waals surface area contributed by atoms with Gasteiger partial charge in [0.15, 0.2) is 0 Å². The summed E-state index contributed by atoms with van der Waals surface area (Å²) in [6, 6.07) is 2.86. The Labute approximate surface area is 93.5 Å². The smallest absolute Gasteiger partial charge is 0.0622 e. The molecular formula is C12H23N3. The average molecular weight is 209 g/mol. The summed E-state index contributed by atoms with van der Waals surface area (Å²) in [5.74, 6) is 0.814. The first-order valence-electron chi connectivity index (χ1n) is 6.05. The van der Waals surface area contributed by atoms with Gasteiger partial charge in [-0.25, -0.2) is 0 Å². The van der Waals surface area contributed by atoms with E-state index in [-0.39, 0.29) is 0 Å². The highest BCUT2D eigenvalue weighted by Gasteiger charge is 2.23. The van der Waals surface area contributed by atoms with E-state index in [1.807, 2.05) is 0 Å². The Morgan fingerprint density at radius 1 is 1.53 bits per heavy atom. The van der Waals surface area contributed by atoms with Crippen molar-refractivity contribution in [1.82, 2.24) is 10.2 Å². The minimum absolute atomic E-state index is 0.676. The van der Waals surface area contributed by atoms with Crippen molar-refractivity contribution in [1.29, 1.82) is 5.26 Å². The van der Waals surface area contributed by atoms with E-state index in [9.17, 15) is 0 Å². The summed E-state index contributed by atoms with van der Waals surface area (Å²) >= 11 is 0. The first-order chi connectivity index (χ1) is 7.24. The Bertz CT molecular complexity index is 207. The van der Waals surface area contributed by atoms with Crippen molar-refractivity contribution < 1.29 is 0 Å². The maximum atomic E-state index is 8.39. The molecule has 0 aromatic rings. The molecule has 0 saturated carbocycles. The molecule has 0 aliphatic carbocycles. The number of nitrogens with zero attached hydrogens (tertiary/aromatic N) is 2. The second kappa shape index (κ2) is 6.81. The standard InChI is InChI=1S/C12H23N3/c1-11(2)15-8-5-12(10-15)9-14-7-4-3-6-13/h11-12,14H,3-5,7-10H2,1-2H3. The molecule has 86 valence electrons. The fraction of sp³-hybridized carbons (Fsp3) is 0.917. The monoisotopic (exact) mass is 209 g/mol. The van der Waals surface area contributed by atoms with E-state index in [4.69, 9.17) is 5.26 Å². The predicted octanol–water partition coefficient (Wildman–Crippen LogP) is 1.61. The highest BCUT2D eigenvalue weighted by atomic mass is 15.2. The Kier molecular flexibility index (Phi) is 5.67. The largest absolute Gasteiger partial charge is 0.316 e. The maximum Gasteiger partial charge on any atom is 0.0622 e. The van der Waals surface area contributed by atoms with Crippen LogP contribution in [0.25, 0.3) is 0 Å². The van der Waals surface area contributed by atoms with Crippen molar-refractivity contribution in [2.75, 3.05) is 26.2 Å². The highest BCUT2D eigenvalue weighted by Crippen LogP contribution is 2.17. The normalized spacial score (nSPS) is 22.1. The van der Waals surface area contributed by atoms with Crippen LogP contribution >= 0.6 is 0 Å². The molecule has 0 spiro atoms. The Balaban J connectivity index is 2.02. The molecule has 0 aromatic heterocycles. The van der Waals surface area contributed by atoms with E-state index in [0.717, 1.165) is 25.4 Å². The summed E-state index contributed by atoms with van der Waals surface area (Å²) in [4.78, 5) is 2.54. The van der Waals surface area contributed by atoms with Gasteiger partial charge in [0.05, 0.1) is 6.07 Å². The lowest BCUT2D eigenvalue weighted by atomic mass is 10.1. The van der Waals surface area contributed by atoms with Crippen molar-refractivity contribution in [3.05, 3.63) is 0 Å². The van der Waals surface area contributed by atoms with E-state index < -0.39 is 0 Å². The minimum atomic E-state index is 0.676. The number of nitriles is 1. The van der Waals surface area contributed by atoms with Crippen molar-refractivity contribution >= 4 is 0 Å². The van der Waals surface area contributed by atoms with Crippen LogP contribution in [0.2, 0.25) is 0 Å². The zero-order valence-electron chi connectivity index (χ0n) is 10.00. The first kappa shape index (κ1) is 12.5. The van der Waals surface area contributed by atoms with Gasteiger partial charge in [-0.05, 0) is 52.2 Å². The zero-order valence-corrected chi connectivity index (χ0v) is 10.00. The Hall–Kier alpha value is -0.590. The van der Waals surface area contributed by atoms with Gasteiger partial charge in [0.2, 0.25) is 0 Å². The number of hydrogen-bond acceptors (Lipinski definition) is 3. The van der Waals surface area contributed by atoms with Gasteiger partial charge >= 0.3 is 0 Å². The third kappa shape index (κ3) is 4.63. The molecule has 1 N–H and O–H groups in total. The van der Waals surface area contributed by atoms with Crippen LogP contribution in [0, 0.1) is 17.2 Å². The van der Waals surface area contributed by atoms with Crippen molar-refractivity contribution in [3.8, 4) is 6.07 Å². The number of hydrogen-bond donors (Lipinski definition) is 1. The molecule has 1 saturated heterocycles. The topological polar surface area (TPSA) is 39.1 Å². The molecule has 1 rings (SSSR count). The molecule has 15 heavy (non-hydrogen) atoms. The molecule has 3 nitrogen and oxygen atoms in total. The fourth-order valence-corrected chi connectivity index (χ4v) is 2.10. The first-order valence-corrected chi connectivity index (χ1v) is 6.05. The van der Waals surface area contributed by atoms with Crippen molar-refractivity contribution in [2.24, 2.45) is 5.92 Å². The van der Waals surface area contributed by atoms with Crippen molar-refractivity contribution in [2.45, 2.75) is 39.2 Å². The molecule has 1 fully saturated rings. The predicted molar refractivity (Wildman–Crippen MR) is 62.5 cm³/mol. The van der Waals surface area contributed by atoms with Gasteiger partial charge in [-0.1, -0.05) is 0 Å². The molecule has 1 heterocycles. The van der Waals surface area contributed by atoms with Gasteiger partial charge in [0, 0.05) is 19.0 Å². The van der Waals surface area contributed by atoms with E-state index in [0.29, 0.717) is 12.5 Å². The lowest BCUT2D eigenvalue weighted by Crippen LogP contribution is -2.30. The van der Waals surface area contributed by atoms with Crippen LogP contribution in [0.15, 0.2) is 0 Å². The summed E-state index contributed by atoms with van der Waals surface area (Å²) in [5, 5.41) is 11.8. The van der Waals surface area contributed by atoms with Crippen LogP contribution < -0.4 is 5.32 Å². The van der Waals surface area contributed by atoms with Crippen molar-refractivity contribution in [3.63, 3.8) is 0 Å². The third-order valence-corrected chi connectivity index (χ3v) is 3.12. The van der Waals surface area contributed by atoms with Gasteiger partial charge in [-0.3, -0.25) is 0 Å². The summed E-state index contributed by atoms with van der Waals surface area (Å²) < 4.78 is 0. The summed E-state index contributed by atoms with van der Waals surface area (Å²) in [6.45, 7) is 9.14. The second-order valence-electron chi connectivity index (χ2n) is 4.71. The van der Waals surface area contributed by atoms with Gasteiger partial charge in [-0.2, -0.15) is 5.26 Å². The molecule has 3 heteroatoms. The number of unbranched alkanes of at least 4 members (excludes halogenated alkanes) is 1. The van der Waals surface area contributed by atoms with E-state index in [1.165, 1.54) is 19.5 Å². The van der Waals surface area contributed by atoms with E-state index in [1.54, 1.807) is 0 Å². The van der Waals surface area contributed by atoms with Gasteiger partial charge in [-0.15, -0.1) is 0 Å². The molecule has 0 radical (unpaired) electrons. The highest BCUT2D eigenvalue weighted by molar-refractivity contribution is 4.79. The fourth-order valence-electron chi connectivity index (χ4n) is 2.10. The van der Waals surface area contributed by atoms with Gasteiger partial charge in [0.25, 0.3) is 0 Å². The van der Waals surface area contributed by atoms with Crippen LogP contribution in [0.3, 0.4) is 0 Å². The number of rotatable bonds is 6. The van der Waals surface area contributed by atoms with Crippen LogP contribution in [0.5, 0.6) is 0 Å². The third-order valence-electron chi connectivity index (χ3n) is 3.12. The SMILES string of the molecule is CC(C)N1CCC(CNCCCC#N)C1. The molecule has 0 aromatic carbocycles. The molecule has 0 bridgehead atoms. The molecule has 1 unspecified atom stereocenters. The molecule has 1 atom stereocenters. The molecule has 1 aliphatic heterocycles. The van der Waals surface area contributed by atoms with Crippen LogP contribution in [-0.2, 0) is 0 Å². The molecular weight excluding hydrogens is 186 g/mol. The maximum absolute atomic E-state index is 8.39. The summed E-state index contributed by atoms with van der Waals surface area (Å²) in [7, 11) is 0. The number of likely N-dealkylation sites (tertiary alicyclic amines) is 1. The van der Waals surface area contributed by atoms with Gasteiger partial charge < -0.3 is 10.2 Å². The summed E-state index contributed by atoms with van der Waals surface area (Å²) in [6.07, 6.45) is 2.98. The second-order valence-corrected chi connectivity index (χ2v) is 4.71. The Morgan fingerprint density at radius 3 is 2.93 bits per heavy atom. The minimum Gasteiger partial charge on any atom is -0.316 e. The lowest BCUT2D eigenvalue weighted by Gasteiger charge is -2.20. The van der Waals surface area contributed by atoms with Crippen LogP contribution in [0.4, 0.5) is 0 Å². The zero-order chi connectivity index (χ0) is 11.1. The van der Waals surface area contributed by atoms with E-state index in [2.05, 4.69) is 30.1 Å². The number of nitrogens with one attached hydrogen (secondary N) is 1. The van der Waals surface area contributed by atoms with Crippen LogP contribution in [0.1, 0.15) is 33.1 Å². The lowest BCUT2D eigenvalue weighted by molar-refractivity contribution is 0.264. The van der Waals surface area contributed by atoms with Gasteiger partial charge in [0.1, 0.15) is 0 Å². The van der Waals surface area contributed by atoms with Crippen LogP contribution in [-0.4, -0.2) is 37.1 Å². The Morgan fingerprint density at radius 2 is 2.33 bits per heavy atom. The summed E-state index contributed by atoms with van der Waals surface area (Å²) in [5.41, 5.74) is 0. The quantitative estimate of drug-likeness (QED) is 0.676. The molecule has 1 aliphatic rings. The average Bonchev–Trinajstić information content (AvgIpc) is 2.66. The van der Waals surface area contributed by atoms with E-state index >= 15 is 0 Å². The molecule has 0 amide bonds.